The van der Waals surface area contributed by atoms with Crippen molar-refractivity contribution in [3.63, 3.8) is 0 Å². The van der Waals surface area contributed by atoms with Gasteiger partial charge in [0, 0.05) is 0 Å². The molecule has 0 aromatic rings. The van der Waals surface area contributed by atoms with E-state index in [2.05, 4.69) is 13.2 Å². The van der Waals surface area contributed by atoms with Gasteiger partial charge in [0.15, 0.2) is 0 Å². The van der Waals surface area contributed by atoms with E-state index in [1.807, 2.05) is 0 Å². The fourth-order valence-electron chi connectivity index (χ4n) is 0.628. The number of aliphatic carboxylic acids is 1. The van der Waals surface area contributed by atoms with Crippen LogP contribution in [0.1, 0.15) is 0 Å². The van der Waals surface area contributed by atoms with Crippen molar-refractivity contribution < 1.29 is 51.1 Å². The molecular formula is C8H9O7Ti. The third kappa shape index (κ3) is 4.07. The Balaban J connectivity index is 0. The topological polar surface area (TPSA) is 129 Å². The molecule has 0 saturated carbocycles. The molecule has 7 nitrogen and oxygen atoms in total. The maximum absolute atomic E-state index is 10.9. The summed E-state index contributed by atoms with van der Waals surface area (Å²) in [7, 11) is 0. The van der Waals surface area contributed by atoms with Gasteiger partial charge in [0.1, 0.15) is 0 Å². The molecule has 87 valence electrons. The van der Waals surface area contributed by atoms with E-state index in [1.54, 1.807) is 0 Å². The molecule has 0 aromatic heterocycles. The molecule has 8 heteroatoms. The Hall–Kier alpha value is -1.28. The summed E-state index contributed by atoms with van der Waals surface area (Å²) in [5, 5.41) is 17.6. The molecule has 0 aliphatic heterocycles. The summed E-state index contributed by atoms with van der Waals surface area (Å²) in [4.78, 5) is 32.2. The van der Waals surface area contributed by atoms with Crippen LogP contribution in [0.2, 0.25) is 0 Å². The van der Waals surface area contributed by atoms with Gasteiger partial charge in [0.25, 0.3) is 5.60 Å². The molecule has 0 rings (SSSR count). The van der Waals surface area contributed by atoms with Gasteiger partial charge in [0.05, 0.1) is 0 Å². The van der Waals surface area contributed by atoms with Crippen LogP contribution in [0.25, 0.3) is 0 Å². The van der Waals surface area contributed by atoms with Gasteiger partial charge in [-0.25, -0.2) is 4.79 Å². The average molecular weight is 265 g/mol. The van der Waals surface area contributed by atoms with Gasteiger partial charge in [0.2, 0.25) is 11.6 Å². The Morgan fingerprint density at radius 2 is 1.38 bits per heavy atom. The van der Waals surface area contributed by atoms with Gasteiger partial charge in [-0.1, -0.05) is 13.2 Å². The SMILES string of the molecule is C=CC(=O)C(O)(C(=O)O)C(=O)C=C.[O]=[Ti][OH]. The zero-order valence-electron chi connectivity index (χ0n) is 8.04. The second-order valence-electron chi connectivity index (χ2n) is 2.24. The molecular weight excluding hydrogens is 256 g/mol. The number of carbonyl (C=O) groups is 3. The maximum atomic E-state index is 10.9. The third-order valence-corrected chi connectivity index (χ3v) is 1.39. The Morgan fingerprint density at radius 3 is 1.50 bits per heavy atom. The van der Waals surface area contributed by atoms with Crippen molar-refractivity contribution in [2.45, 2.75) is 5.60 Å². The second-order valence-corrected chi connectivity index (χ2v) is 2.53. The van der Waals surface area contributed by atoms with Crippen LogP contribution < -0.4 is 0 Å². The van der Waals surface area contributed by atoms with Gasteiger partial charge in [-0.2, -0.15) is 0 Å². The predicted octanol–water partition coefficient (Wildman–Crippen LogP) is -1.37. The summed E-state index contributed by atoms with van der Waals surface area (Å²) in [5.41, 5.74) is -3.08. The molecule has 0 radical (unpaired) electrons. The van der Waals surface area contributed by atoms with Gasteiger partial charge in [-0.15, -0.1) is 0 Å². The first-order chi connectivity index (χ1) is 7.32. The van der Waals surface area contributed by atoms with Crippen LogP contribution in [0.5, 0.6) is 0 Å². The molecule has 0 amide bonds. The van der Waals surface area contributed by atoms with Crippen molar-refractivity contribution in [3.8, 4) is 0 Å². The summed E-state index contributed by atoms with van der Waals surface area (Å²) in [6.45, 7) is 5.93. The quantitative estimate of drug-likeness (QED) is 0.318. The van der Waals surface area contributed by atoms with E-state index in [1.165, 1.54) is 0 Å². The summed E-state index contributed by atoms with van der Waals surface area (Å²) < 4.78 is 15.8. The number of aliphatic hydroxyl groups is 1. The van der Waals surface area contributed by atoms with Gasteiger partial charge in [-0.3, -0.25) is 9.59 Å². The van der Waals surface area contributed by atoms with E-state index in [4.69, 9.17) is 12.1 Å². The van der Waals surface area contributed by atoms with E-state index in [9.17, 15) is 19.5 Å². The predicted molar refractivity (Wildman–Crippen MR) is 45.9 cm³/mol. The van der Waals surface area contributed by atoms with Crippen LogP contribution in [0, 0.1) is 0 Å². The van der Waals surface area contributed by atoms with Crippen LogP contribution in [0.3, 0.4) is 0 Å². The van der Waals surface area contributed by atoms with E-state index in [0.717, 1.165) is 0 Å². The van der Waals surface area contributed by atoms with Crippen molar-refractivity contribution in [1.82, 2.24) is 0 Å². The van der Waals surface area contributed by atoms with Crippen molar-refractivity contribution >= 4 is 17.5 Å². The molecule has 0 atom stereocenters. The summed E-state index contributed by atoms with van der Waals surface area (Å²) >= 11 is -1.75. The van der Waals surface area contributed by atoms with E-state index < -0.39 is 42.6 Å². The Kier molecular flexibility index (Phi) is 8.51. The first-order valence-electron chi connectivity index (χ1n) is 3.63. The number of carboxylic acid groups (broad SMARTS) is 1. The molecule has 0 aromatic carbocycles. The molecule has 0 aliphatic rings. The molecule has 16 heavy (non-hydrogen) atoms. The number of ketones is 2. The van der Waals surface area contributed by atoms with Crippen molar-refractivity contribution in [2.75, 3.05) is 0 Å². The normalized spacial score (nSPS) is 8.88. The second kappa shape index (κ2) is 7.94. The minimum absolute atomic E-state index is 0.565. The zero-order chi connectivity index (χ0) is 13.4. The molecule has 3 N–H and O–H groups in total. The fourth-order valence-corrected chi connectivity index (χ4v) is 0.628. The average Bonchev–Trinajstić information content (AvgIpc) is 2.26. The van der Waals surface area contributed by atoms with Crippen LogP contribution >= 0.6 is 0 Å². The summed E-state index contributed by atoms with van der Waals surface area (Å²) in [5.74, 6) is -4.52. The van der Waals surface area contributed by atoms with Crippen LogP contribution in [-0.4, -0.2) is 37.0 Å². The monoisotopic (exact) mass is 265 g/mol. The van der Waals surface area contributed by atoms with Crippen molar-refractivity contribution in [3.05, 3.63) is 25.3 Å². The number of hydrogen-bond acceptors (Lipinski definition) is 5. The number of hydrogen-bond donors (Lipinski definition) is 3. The number of carboxylic acids is 1. The molecule has 0 aliphatic carbocycles. The Labute approximate surface area is 99.8 Å². The van der Waals surface area contributed by atoms with Crippen molar-refractivity contribution in [1.29, 1.82) is 0 Å². The molecule has 0 saturated heterocycles. The van der Waals surface area contributed by atoms with Crippen molar-refractivity contribution in [2.24, 2.45) is 0 Å². The molecule has 0 unspecified atom stereocenters. The minimum atomic E-state index is -3.08. The molecule has 0 fully saturated rings. The Bertz CT molecular complexity index is 313. The van der Waals surface area contributed by atoms with E-state index in [-0.39, 0.29) is 0 Å². The Morgan fingerprint density at radius 1 is 1.12 bits per heavy atom. The number of carbonyl (C=O) groups excluding carboxylic acids is 2. The standard InChI is InChI=1S/C8H8O5.H2O.O.Ti/c1-3-5(9)8(13,7(11)12)6(10)4-2;;;/h3-4,13H,1-2H2,(H,11,12);1H2;;/q;;;+1/p-1. The first kappa shape index (κ1) is 17.1. The van der Waals surface area contributed by atoms with Crippen LogP contribution in [0.15, 0.2) is 25.3 Å². The van der Waals surface area contributed by atoms with Gasteiger partial charge >= 0.3 is 32.5 Å². The molecule has 0 spiro atoms. The van der Waals surface area contributed by atoms with Crippen LogP contribution in [0.4, 0.5) is 0 Å². The molecule has 0 heterocycles. The van der Waals surface area contributed by atoms with Gasteiger partial charge < -0.3 is 10.2 Å². The first-order valence-corrected chi connectivity index (χ1v) is 4.97. The fraction of sp³-hybridized carbons (Fsp3) is 0.125. The van der Waals surface area contributed by atoms with E-state index in [0.29, 0.717) is 12.2 Å². The summed E-state index contributed by atoms with van der Waals surface area (Å²) in [6, 6.07) is 0. The van der Waals surface area contributed by atoms with Gasteiger partial charge in [-0.05, 0) is 12.2 Å². The molecule has 0 bridgehead atoms. The zero-order valence-corrected chi connectivity index (χ0v) is 9.61. The summed E-state index contributed by atoms with van der Waals surface area (Å²) in [6.07, 6.45) is 1.13. The third-order valence-electron chi connectivity index (χ3n) is 1.39. The van der Waals surface area contributed by atoms with Crippen LogP contribution in [-0.2, 0) is 37.2 Å². The number of rotatable bonds is 5. The van der Waals surface area contributed by atoms with E-state index >= 15 is 0 Å².